The highest BCUT2D eigenvalue weighted by Gasteiger charge is 2.23. The van der Waals surface area contributed by atoms with Crippen LogP contribution in [0.5, 0.6) is 0 Å². The van der Waals surface area contributed by atoms with Gasteiger partial charge in [0, 0.05) is 13.1 Å². The minimum atomic E-state index is -3.43. The number of sulfonamides is 1. The van der Waals surface area contributed by atoms with Crippen molar-refractivity contribution in [3.63, 3.8) is 0 Å². The molecule has 0 aliphatic heterocycles. The number of benzene rings is 1. The van der Waals surface area contributed by atoms with Crippen LogP contribution in [-0.4, -0.2) is 30.9 Å². The lowest BCUT2D eigenvalue weighted by atomic mass is 10.1. The van der Waals surface area contributed by atoms with E-state index in [1.54, 1.807) is 24.3 Å². The van der Waals surface area contributed by atoms with Crippen molar-refractivity contribution in [2.75, 3.05) is 13.1 Å². The van der Waals surface area contributed by atoms with E-state index >= 15 is 0 Å². The SMILES string of the molecule is CCC(C)CN(CC)S(=O)(=O)c1ccc(CO)cc1. The highest BCUT2D eigenvalue weighted by Crippen LogP contribution is 2.18. The lowest BCUT2D eigenvalue weighted by molar-refractivity contribution is 0.281. The molecule has 1 aromatic carbocycles. The van der Waals surface area contributed by atoms with Crippen LogP contribution in [0.3, 0.4) is 0 Å². The van der Waals surface area contributed by atoms with Gasteiger partial charge in [0.15, 0.2) is 0 Å². The summed E-state index contributed by atoms with van der Waals surface area (Å²) < 4.78 is 26.5. The van der Waals surface area contributed by atoms with Crippen LogP contribution in [0.25, 0.3) is 0 Å². The summed E-state index contributed by atoms with van der Waals surface area (Å²) >= 11 is 0. The zero-order valence-electron chi connectivity index (χ0n) is 11.8. The van der Waals surface area contributed by atoms with Gasteiger partial charge in [-0.05, 0) is 23.6 Å². The normalized spacial score (nSPS) is 13.7. The average molecular weight is 285 g/mol. The molecule has 0 aliphatic carbocycles. The largest absolute Gasteiger partial charge is 0.392 e. The van der Waals surface area contributed by atoms with Crippen LogP contribution in [-0.2, 0) is 16.6 Å². The summed E-state index contributed by atoms with van der Waals surface area (Å²) in [7, 11) is -3.43. The average Bonchev–Trinajstić information content (AvgIpc) is 2.44. The summed E-state index contributed by atoms with van der Waals surface area (Å²) in [5, 5.41) is 8.98. The van der Waals surface area contributed by atoms with Gasteiger partial charge in [-0.3, -0.25) is 0 Å². The van der Waals surface area contributed by atoms with Gasteiger partial charge in [0.2, 0.25) is 10.0 Å². The van der Waals surface area contributed by atoms with Gasteiger partial charge in [-0.1, -0.05) is 39.3 Å². The second kappa shape index (κ2) is 7.03. The molecule has 0 radical (unpaired) electrons. The topological polar surface area (TPSA) is 57.6 Å². The molecule has 1 N–H and O–H groups in total. The fourth-order valence-electron chi connectivity index (χ4n) is 1.79. The monoisotopic (exact) mass is 285 g/mol. The van der Waals surface area contributed by atoms with E-state index < -0.39 is 10.0 Å². The van der Waals surface area contributed by atoms with Crippen molar-refractivity contribution < 1.29 is 13.5 Å². The van der Waals surface area contributed by atoms with E-state index in [1.807, 2.05) is 13.8 Å². The second-order valence-electron chi connectivity index (χ2n) is 4.77. The Bertz CT molecular complexity index is 482. The fraction of sp³-hybridized carbons (Fsp3) is 0.571. The molecule has 0 spiro atoms. The van der Waals surface area contributed by atoms with E-state index in [9.17, 15) is 8.42 Å². The fourth-order valence-corrected chi connectivity index (χ4v) is 3.36. The maximum atomic E-state index is 12.5. The molecule has 4 nitrogen and oxygen atoms in total. The van der Waals surface area contributed by atoms with E-state index in [4.69, 9.17) is 5.11 Å². The van der Waals surface area contributed by atoms with Crippen LogP contribution in [0.1, 0.15) is 32.8 Å². The van der Waals surface area contributed by atoms with Crippen molar-refractivity contribution >= 4 is 10.0 Å². The zero-order valence-corrected chi connectivity index (χ0v) is 12.7. The number of aliphatic hydroxyl groups is 1. The predicted octanol–water partition coefficient (Wildman–Crippen LogP) is 2.24. The number of aliphatic hydroxyl groups excluding tert-OH is 1. The van der Waals surface area contributed by atoms with E-state index in [1.165, 1.54) is 4.31 Å². The molecule has 0 heterocycles. The molecule has 0 amide bonds. The Morgan fingerprint density at radius 1 is 1.21 bits per heavy atom. The van der Waals surface area contributed by atoms with Crippen LogP contribution in [0.4, 0.5) is 0 Å². The molecule has 0 saturated carbocycles. The standard InChI is InChI=1S/C14H23NO3S/c1-4-12(3)10-15(5-2)19(17,18)14-8-6-13(11-16)7-9-14/h6-9,12,16H,4-5,10-11H2,1-3H3. The molecular weight excluding hydrogens is 262 g/mol. The van der Waals surface area contributed by atoms with Crippen LogP contribution in [0.15, 0.2) is 29.2 Å². The Labute approximate surface area is 116 Å². The smallest absolute Gasteiger partial charge is 0.243 e. The molecule has 5 heteroatoms. The Balaban J connectivity index is 2.99. The molecular formula is C14H23NO3S. The van der Waals surface area contributed by atoms with Crippen LogP contribution < -0.4 is 0 Å². The Kier molecular flexibility index (Phi) is 5.97. The van der Waals surface area contributed by atoms with Crippen molar-refractivity contribution in [1.29, 1.82) is 0 Å². The summed E-state index contributed by atoms with van der Waals surface area (Å²) in [5.41, 5.74) is 0.712. The lowest BCUT2D eigenvalue weighted by Gasteiger charge is -2.23. The molecule has 0 bridgehead atoms. The van der Waals surface area contributed by atoms with E-state index in [-0.39, 0.29) is 11.5 Å². The highest BCUT2D eigenvalue weighted by atomic mass is 32.2. The number of hydrogen-bond acceptors (Lipinski definition) is 3. The minimum Gasteiger partial charge on any atom is -0.392 e. The molecule has 108 valence electrons. The van der Waals surface area contributed by atoms with Crippen molar-refractivity contribution in [1.82, 2.24) is 4.31 Å². The van der Waals surface area contributed by atoms with Gasteiger partial charge in [-0.2, -0.15) is 4.31 Å². The van der Waals surface area contributed by atoms with Gasteiger partial charge in [0.1, 0.15) is 0 Å². The van der Waals surface area contributed by atoms with Gasteiger partial charge in [-0.15, -0.1) is 0 Å². The van der Waals surface area contributed by atoms with E-state index in [2.05, 4.69) is 6.92 Å². The quantitative estimate of drug-likeness (QED) is 0.836. The van der Waals surface area contributed by atoms with Gasteiger partial charge in [0.05, 0.1) is 11.5 Å². The van der Waals surface area contributed by atoms with Gasteiger partial charge >= 0.3 is 0 Å². The summed E-state index contributed by atoms with van der Waals surface area (Å²) in [6.07, 6.45) is 0.954. The molecule has 1 unspecified atom stereocenters. The van der Waals surface area contributed by atoms with E-state index in [0.717, 1.165) is 6.42 Å². The number of nitrogens with zero attached hydrogens (tertiary/aromatic N) is 1. The van der Waals surface area contributed by atoms with Crippen molar-refractivity contribution in [3.8, 4) is 0 Å². The van der Waals surface area contributed by atoms with Gasteiger partial charge in [0.25, 0.3) is 0 Å². The summed E-state index contributed by atoms with van der Waals surface area (Å²) in [6.45, 7) is 6.88. The first-order valence-electron chi connectivity index (χ1n) is 6.65. The highest BCUT2D eigenvalue weighted by molar-refractivity contribution is 7.89. The Morgan fingerprint density at radius 2 is 1.79 bits per heavy atom. The van der Waals surface area contributed by atoms with Crippen LogP contribution in [0.2, 0.25) is 0 Å². The lowest BCUT2D eigenvalue weighted by Crippen LogP contribution is -2.34. The Morgan fingerprint density at radius 3 is 2.21 bits per heavy atom. The third-order valence-corrected chi connectivity index (χ3v) is 5.26. The van der Waals surface area contributed by atoms with Crippen molar-refractivity contribution in [2.45, 2.75) is 38.7 Å². The molecule has 0 aliphatic rings. The third kappa shape index (κ3) is 4.03. The first-order valence-corrected chi connectivity index (χ1v) is 8.09. The zero-order chi connectivity index (χ0) is 14.5. The number of hydrogen-bond donors (Lipinski definition) is 1. The second-order valence-corrected chi connectivity index (χ2v) is 6.71. The molecule has 1 atom stereocenters. The first-order chi connectivity index (χ1) is 8.95. The van der Waals surface area contributed by atoms with Crippen molar-refractivity contribution in [3.05, 3.63) is 29.8 Å². The maximum absolute atomic E-state index is 12.5. The molecule has 1 aromatic rings. The molecule has 1 rings (SSSR count). The molecule has 19 heavy (non-hydrogen) atoms. The maximum Gasteiger partial charge on any atom is 0.243 e. The molecule has 0 aromatic heterocycles. The minimum absolute atomic E-state index is 0.0787. The van der Waals surface area contributed by atoms with Crippen LogP contribution >= 0.6 is 0 Å². The Hall–Kier alpha value is -0.910. The number of rotatable bonds is 7. The first kappa shape index (κ1) is 16.1. The summed E-state index contributed by atoms with van der Waals surface area (Å²) in [4.78, 5) is 0.287. The summed E-state index contributed by atoms with van der Waals surface area (Å²) in [6, 6.07) is 6.40. The molecule has 0 fully saturated rings. The van der Waals surface area contributed by atoms with Gasteiger partial charge in [-0.25, -0.2) is 8.42 Å². The van der Waals surface area contributed by atoms with Crippen molar-refractivity contribution in [2.24, 2.45) is 5.92 Å². The van der Waals surface area contributed by atoms with Crippen LogP contribution in [0, 0.1) is 5.92 Å². The van der Waals surface area contributed by atoms with Gasteiger partial charge < -0.3 is 5.11 Å². The summed E-state index contributed by atoms with van der Waals surface area (Å²) in [5.74, 6) is 0.339. The third-order valence-electron chi connectivity index (χ3n) is 3.31. The molecule has 0 saturated heterocycles. The predicted molar refractivity (Wildman–Crippen MR) is 76.3 cm³/mol. The van der Waals surface area contributed by atoms with E-state index in [0.29, 0.717) is 24.6 Å².